The van der Waals surface area contributed by atoms with Gasteiger partial charge in [-0.05, 0) is 18.8 Å². The molecule has 0 bridgehead atoms. The third-order valence-corrected chi connectivity index (χ3v) is 4.96. The van der Waals surface area contributed by atoms with Crippen LogP contribution in [-0.2, 0) is 4.79 Å². The molecule has 1 saturated carbocycles. The van der Waals surface area contributed by atoms with Crippen LogP contribution in [0.5, 0.6) is 0 Å². The van der Waals surface area contributed by atoms with Gasteiger partial charge in [-0.25, -0.2) is 9.59 Å². The van der Waals surface area contributed by atoms with E-state index in [1.807, 2.05) is 0 Å². The number of nitrogens with one attached hydrogen (secondary N) is 1. The number of amides is 2. The molecule has 108 valence electrons. The van der Waals surface area contributed by atoms with Crippen LogP contribution in [0.25, 0.3) is 0 Å². The molecule has 3 atom stereocenters. The molecule has 0 aromatic rings. The van der Waals surface area contributed by atoms with Gasteiger partial charge in [-0.1, -0.05) is 19.8 Å². The zero-order valence-electron chi connectivity index (χ0n) is 11.3. The number of urea groups is 1. The van der Waals surface area contributed by atoms with Crippen molar-refractivity contribution in [3.63, 3.8) is 0 Å². The second-order valence-electron chi connectivity index (χ2n) is 5.54. The van der Waals surface area contributed by atoms with Crippen LogP contribution in [0.1, 0.15) is 32.6 Å². The van der Waals surface area contributed by atoms with Crippen LogP contribution in [-0.4, -0.2) is 52.1 Å². The number of carboxylic acids is 1. The lowest BCUT2D eigenvalue weighted by Gasteiger charge is -2.35. The molecule has 5 nitrogen and oxygen atoms in total. The number of carbonyl (C=O) groups excluding carboxylic acids is 1. The third kappa shape index (κ3) is 3.78. The Hall–Kier alpha value is -0.910. The van der Waals surface area contributed by atoms with Crippen molar-refractivity contribution in [2.24, 2.45) is 5.92 Å². The molecule has 1 aliphatic heterocycles. The average molecular weight is 286 g/mol. The van der Waals surface area contributed by atoms with E-state index >= 15 is 0 Å². The molecule has 6 heteroatoms. The van der Waals surface area contributed by atoms with Crippen LogP contribution in [0.4, 0.5) is 4.79 Å². The van der Waals surface area contributed by atoms with E-state index in [1.54, 1.807) is 11.8 Å². The molecule has 0 radical (unpaired) electrons. The van der Waals surface area contributed by atoms with Crippen molar-refractivity contribution in [1.82, 2.24) is 10.2 Å². The predicted molar refractivity (Wildman–Crippen MR) is 75.4 cm³/mol. The molecule has 2 amide bonds. The molecule has 2 aliphatic rings. The second kappa shape index (κ2) is 6.50. The van der Waals surface area contributed by atoms with Gasteiger partial charge in [0.15, 0.2) is 0 Å². The van der Waals surface area contributed by atoms with Crippen molar-refractivity contribution < 1.29 is 14.7 Å². The van der Waals surface area contributed by atoms with Crippen molar-refractivity contribution in [1.29, 1.82) is 0 Å². The van der Waals surface area contributed by atoms with Gasteiger partial charge in [-0.15, -0.1) is 0 Å². The van der Waals surface area contributed by atoms with Crippen molar-refractivity contribution in [2.45, 2.75) is 44.7 Å². The first kappa shape index (κ1) is 14.5. The highest BCUT2D eigenvalue weighted by Gasteiger charge is 2.33. The highest BCUT2D eigenvalue weighted by molar-refractivity contribution is 7.99. The Labute approximate surface area is 118 Å². The summed E-state index contributed by atoms with van der Waals surface area (Å²) >= 11 is 1.60. The van der Waals surface area contributed by atoms with Crippen LogP contribution in [0, 0.1) is 5.92 Å². The first-order valence-corrected chi connectivity index (χ1v) is 8.11. The highest BCUT2D eigenvalue weighted by Crippen LogP contribution is 2.24. The summed E-state index contributed by atoms with van der Waals surface area (Å²) < 4.78 is 0. The van der Waals surface area contributed by atoms with Gasteiger partial charge in [0.05, 0.1) is 0 Å². The minimum atomic E-state index is -0.903. The summed E-state index contributed by atoms with van der Waals surface area (Å²) in [4.78, 5) is 24.9. The highest BCUT2D eigenvalue weighted by atomic mass is 32.2. The number of aliphatic carboxylic acids is 1. The summed E-state index contributed by atoms with van der Waals surface area (Å²) in [5, 5.41) is 12.2. The largest absolute Gasteiger partial charge is 0.480 e. The molecule has 2 fully saturated rings. The number of hydrogen-bond acceptors (Lipinski definition) is 3. The zero-order valence-corrected chi connectivity index (χ0v) is 12.1. The standard InChI is InChI=1S/C13H22N2O3S/c1-9-3-2-4-10(7-9)14-13(18)15-5-6-19-8-11(15)12(16)17/h9-11H,2-8H2,1H3,(H,14,18)(H,16,17). The third-order valence-electron chi connectivity index (χ3n) is 3.94. The van der Waals surface area contributed by atoms with Crippen LogP contribution >= 0.6 is 11.8 Å². The maximum absolute atomic E-state index is 12.2. The zero-order chi connectivity index (χ0) is 13.8. The summed E-state index contributed by atoms with van der Waals surface area (Å²) in [6, 6.07) is -0.674. The monoisotopic (exact) mass is 286 g/mol. The Morgan fingerprint density at radius 2 is 2.16 bits per heavy atom. The van der Waals surface area contributed by atoms with Crippen LogP contribution in [0.2, 0.25) is 0 Å². The predicted octanol–water partition coefficient (Wildman–Crippen LogP) is 1.78. The quantitative estimate of drug-likeness (QED) is 0.812. The number of hydrogen-bond donors (Lipinski definition) is 2. The molecule has 2 rings (SSSR count). The lowest BCUT2D eigenvalue weighted by molar-refractivity contribution is -0.141. The number of carboxylic acid groups (broad SMARTS) is 1. The van der Waals surface area contributed by atoms with Gasteiger partial charge in [0, 0.05) is 24.1 Å². The van der Waals surface area contributed by atoms with Gasteiger partial charge >= 0.3 is 12.0 Å². The topological polar surface area (TPSA) is 69.6 Å². The van der Waals surface area contributed by atoms with E-state index < -0.39 is 12.0 Å². The minimum Gasteiger partial charge on any atom is -0.480 e. The molecular weight excluding hydrogens is 264 g/mol. The first-order chi connectivity index (χ1) is 9.08. The molecule has 0 aromatic carbocycles. The van der Waals surface area contributed by atoms with Crippen molar-refractivity contribution >= 4 is 23.8 Å². The minimum absolute atomic E-state index is 0.202. The van der Waals surface area contributed by atoms with Crippen LogP contribution in [0.3, 0.4) is 0 Å². The van der Waals surface area contributed by atoms with Gasteiger partial charge < -0.3 is 15.3 Å². The van der Waals surface area contributed by atoms with Gasteiger partial charge in [0.25, 0.3) is 0 Å². The Morgan fingerprint density at radius 1 is 1.37 bits per heavy atom. The second-order valence-corrected chi connectivity index (χ2v) is 6.69. The van der Waals surface area contributed by atoms with E-state index in [-0.39, 0.29) is 12.1 Å². The fourth-order valence-electron chi connectivity index (χ4n) is 2.87. The maximum Gasteiger partial charge on any atom is 0.327 e. The fourth-order valence-corrected chi connectivity index (χ4v) is 3.91. The summed E-state index contributed by atoms with van der Waals surface area (Å²) in [5.41, 5.74) is 0. The van der Waals surface area contributed by atoms with E-state index in [0.717, 1.165) is 25.0 Å². The van der Waals surface area contributed by atoms with Gasteiger partial charge in [-0.2, -0.15) is 11.8 Å². The molecule has 0 aromatic heterocycles. The van der Waals surface area contributed by atoms with Gasteiger partial charge in [-0.3, -0.25) is 0 Å². The summed E-state index contributed by atoms with van der Waals surface area (Å²) in [5.74, 6) is 1.05. The normalized spacial score (nSPS) is 31.8. The van der Waals surface area contributed by atoms with Gasteiger partial charge in [0.1, 0.15) is 6.04 Å². The van der Waals surface area contributed by atoms with E-state index in [4.69, 9.17) is 0 Å². The molecular formula is C13H22N2O3S. The molecule has 1 saturated heterocycles. The molecule has 3 unspecified atom stereocenters. The molecule has 1 heterocycles. The van der Waals surface area contributed by atoms with Crippen molar-refractivity contribution in [3.05, 3.63) is 0 Å². The Kier molecular flexibility index (Phi) is 4.96. The molecule has 0 spiro atoms. The summed E-state index contributed by atoms with van der Waals surface area (Å²) in [7, 11) is 0. The van der Waals surface area contributed by atoms with E-state index in [9.17, 15) is 14.7 Å². The number of thioether (sulfide) groups is 1. The van der Waals surface area contributed by atoms with E-state index in [0.29, 0.717) is 18.2 Å². The Bertz CT molecular complexity index is 351. The summed E-state index contributed by atoms with van der Waals surface area (Å²) in [6.45, 7) is 2.73. The average Bonchev–Trinajstić information content (AvgIpc) is 2.38. The number of carbonyl (C=O) groups is 2. The SMILES string of the molecule is CC1CCCC(NC(=O)N2CCSCC2C(=O)O)C1. The molecule has 19 heavy (non-hydrogen) atoms. The van der Waals surface area contributed by atoms with E-state index in [1.165, 1.54) is 11.3 Å². The van der Waals surface area contributed by atoms with Crippen molar-refractivity contribution in [2.75, 3.05) is 18.1 Å². The lowest BCUT2D eigenvalue weighted by Crippen LogP contribution is -2.55. The molecule has 1 aliphatic carbocycles. The van der Waals surface area contributed by atoms with Crippen LogP contribution in [0.15, 0.2) is 0 Å². The lowest BCUT2D eigenvalue weighted by atomic mass is 9.87. The summed E-state index contributed by atoms with van der Waals surface area (Å²) in [6.07, 6.45) is 4.39. The Morgan fingerprint density at radius 3 is 2.84 bits per heavy atom. The molecule has 2 N–H and O–H groups in total. The van der Waals surface area contributed by atoms with Crippen molar-refractivity contribution in [3.8, 4) is 0 Å². The maximum atomic E-state index is 12.2. The fraction of sp³-hybridized carbons (Fsp3) is 0.846. The number of nitrogens with zero attached hydrogens (tertiary/aromatic N) is 1. The smallest absolute Gasteiger partial charge is 0.327 e. The van der Waals surface area contributed by atoms with Gasteiger partial charge in [0.2, 0.25) is 0 Å². The number of rotatable bonds is 2. The first-order valence-electron chi connectivity index (χ1n) is 6.95. The van der Waals surface area contributed by atoms with E-state index in [2.05, 4.69) is 12.2 Å². The Balaban J connectivity index is 1.92. The van der Waals surface area contributed by atoms with Crippen LogP contribution < -0.4 is 5.32 Å².